The molecule has 7 heteroatoms. The number of aryl methyl sites for hydroxylation is 1. The van der Waals surface area contributed by atoms with Gasteiger partial charge in [-0.15, -0.1) is 5.10 Å². The molecule has 0 saturated carbocycles. The van der Waals surface area contributed by atoms with E-state index in [-0.39, 0.29) is 5.48 Å². The fraction of sp³-hybridized carbons (Fsp3) is 0.400. The molecule has 1 fully saturated rings. The van der Waals surface area contributed by atoms with Gasteiger partial charge in [0.05, 0.1) is 0 Å². The van der Waals surface area contributed by atoms with Crippen molar-refractivity contribution < 1.29 is 5.48 Å². The number of benzene rings is 1. The van der Waals surface area contributed by atoms with Crippen LogP contribution in [0.25, 0.3) is 10.9 Å². The van der Waals surface area contributed by atoms with Crippen LogP contribution in [-0.4, -0.2) is 55.7 Å². The van der Waals surface area contributed by atoms with Crippen molar-refractivity contribution in [2.45, 2.75) is 12.3 Å². The molecular formula is C15H20N6O. The van der Waals surface area contributed by atoms with E-state index in [4.69, 9.17) is 0 Å². The Morgan fingerprint density at radius 3 is 2.77 bits per heavy atom. The molecule has 0 bridgehead atoms. The van der Waals surface area contributed by atoms with Crippen molar-refractivity contribution in [2.24, 2.45) is 7.05 Å². The topological polar surface area (TPSA) is 94.1 Å². The lowest BCUT2D eigenvalue weighted by Crippen LogP contribution is -2.41. The summed E-state index contributed by atoms with van der Waals surface area (Å²) >= 11 is 0. The van der Waals surface area contributed by atoms with E-state index >= 15 is 0 Å². The minimum Gasteiger partial charge on any atom is -0.412 e. The van der Waals surface area contributed by atoms with Crippen LogP contribution in [0, 0.1) is 0 Å². The summed E-state index contributed by atoms with van der Waals surface area (Å²) < 4.78 is 1.73. The van der Waals surface area contributed by atoms with Crippen molar-refractivity contribution in [2.75, 3.05) is 20.1 Å². The highest BCUT2D eigenvalue weighted by molar-refractivity contribution is 5.84. The zero-order valence-corrected chi connectivity index (χ0v) is 12.7. The summed E-state index contributed by atoms with van der Waals surface area (Å²) in [6, 6.07) is 6.57. The predicted octanol–water partition coefficient (Wildman–Crippen LogP) is 0.486. The maximum absolute atomic E-state index is 4.06. The van der Waals surface area contributed by atoms with Gasteiger partial charge in [0.15, 0.2) is 5.82 Å². The molecule has 0 spiro atoms. The lowest BCUT2D eigenvalue weighted by molar-refractivity contribution is 0.190. The first-order chi connectivity index (χ1) is 10.2. The predicted molar refractivity (Wildman–Crippen MR) is 83.8 cm³/mol. The molecule has 1 aromatic carbocycles. The van der Waals surface area contributed by atoms with Gasteiger partial charge in [0.1, 0.15) is 0 Å². The molecule has 0 unspecified atom stereocenters. The van der Waals surface area contributed by atoms with Gasteiger partial charge < -0.3 is 15.4 Å². The van der Waals surface area contributed by atoms with Crippen LogP contribution in [0.15, 0.2) is 24.4 Å². The summed E-state index contributed by atoms with van der Waals surface area (Å²) in [6.45, 7) is 2.29. The second-order valence-electron chi connectivity index (χ2n) is 5.94. The molecule has 0 radical (unpaired) electrons. The molecule has 1 aliphatic heterocycles. The number of H-pyrrole nitrogens is 1. The van der Waals surface area contributed by atoms with Crippen LogP contribution in [-0.2, 0) is 13.5 Å². The number of hydrogen-bond acceptors (Lipinski definition) is 4. The standard InChI is InChI=1S/C15H18N6.H2O/c1-20-8-11(9-20)13-7-16-14-4-3-10(5-12(13)14)6-15-17-18-19-21(15)2;/h3-5,7,11,16H,6,8-9H2,1-2H3;1H2. The van der Waals surface area contributed by atoms with Crippen LogP contribution < -0.4 is 0 Å². The van der Waals surface area contributed by atoms with Gasteiger partial charge in [-0.25, -0.2) is 4.68 Å². The summed E-state index contributed by atoms with van der Waals surface area (Å²) in [5.74, 6) is 1.53. The molecule has 4 rings (SSSR count). The molecule has 116 valence electrons. The van der Waals surface area contributed by atoms with Crippen molar-refractivity contribution in [3.05, 3.63) is 41.3 Å². The summed E-state index contributed by atoms with van der Waals surface area (Å²) in [4.78, 5) is 5.73. The fourth-order valence-electron chi connectivity index (χ4n) is 3.11. The molecule has 1 saturated heterocycles. The summed E-state index contributed by atoms with van der Waals surface area (Å²) in [5.41, 5.74) is 3.88. The third-order valence-corrected chi connectivity index (χ3v) is 4.35. The highest BCUT2D eigenvalue weighted by Crippen LogP contribution is 2.32. The Bertz CT molecular complexity index is 786. The average molecular weight is 300 g/mol. The van der Waals surface area contributed by atoms with Crippen LogP contribution in [0.3, 0.4) is 0 Å². The number of likely N-dealkylation sites (tertiary alicyclic amines) is 1. The van der Waals surface area contributed by atoms with E-state index in [9.17, 15) is 0 Å². The minimum absolute atomic E-state index is 0. The first kappa shape index (κ1) is 14.7. The van der Waals surface area contributed by atoms with Crippen molar-refractivity contribution in [3.8, 4) is 0 Å². The Morgan fingerprint density at radius 2 is 2.09 bits per heavy atom. The molecule has 1 aliphatic rings. The Balaban J connectivity index is 0.00000144. The second kappa shape index (κ2) is 5.51. The number of likely N-dealkylation sites (N-methyl/N-ethyl adjacent to an activating group) is 1. The van der Waals surface area contributed by atoms with Crippen LogP contribution in [0.1, 0.15) is 22.9 Å². The largest absolute Gasteiger partial charge is 0.412 e. The molecule has 22 heavy (non-hydrogen) atoms. The number of hydrogen-bond donors (Lipinski definition) is 1. The van der Waals surface area contributed by atoms with E-state index in [1.54, 1.807) is 4.68 Å². The maximum atomic E-state index is 4.06. The van der Waals surface area contributed by atoms with Gasteiger partial charge in [0.25, 0.3) is 0 Å². The Hall–Kier alpha value is -2.25. The molecule has 2 aromatic heterocycles. The molecule has 0 amide bonds. The highest BCUT2D eigenvalue weighted by atomic mass is 16.0. The zero-order valence-electron chi connectivity index (χ0n) is 12.7. The Kier molecular flexibility index (Phi) is 3.67. The quantitative estimate of drug-likeness (QED) is 0.761. The molecule has 0 atom stereocenters. The SMILES string of the molecule is CN1CC(c2c[nH]c3ccc(Cc4nnnn4C)cc23)C1.O. The lowest BCUT2D eigenvalue weighted by atomic mass is 9.91. The number of fused-ring (bicyclic) bond motifs is 1. The average Bonchev–Trinajstić information content (AvgIpc) is 3.02. The summed E-state index contributed by atoms with van der Waals surface area (Å²) in [5, 5.41) is 13.0. The normalized spacial score (nSPS) is 15.7. The first-order valence-corrected chi connectivity index (χ1v) is 7.20. The van der Waals surface area contributed by atoms with E-state index in [2.05, 4.69) is 56.9 Å². The number of nitrogens with one attached hydrogen (secondary N) is 1. The molecule has 3 heterocycles. The third-order valence-electron chi connectivity index (χ3n) is 4.35. The maximum Gasteiger partial charge on any atom is 0.155 e. The number of aromatic nitrogens is 5. The van der Waals surface area contributed by atoms with E-state index in [0.29, 0.717) is 5.92 Å². The van der Waals surface area contributed by atoms with Gasteiger partial charge in [-0.1, -0.05) is 6.07 Å². The van der Waals surface area contributed by atoms with Crippen molar-refractivity contribution >= 4 is 10.9 Å². The third kappa shape index (κ3) is 2.38. The van der Waals surface area contributed by atoms with Crippen molar-refractivity contribution in [1.29, 1.82) is 0 Å². The van der Waals surface area contributed by atoms with Crippen LogP contribution in [0.2, 0.25) is 0 Å². The van der Waals surface area contributed by atoms with E-state index < -0.39 is 0 Å². The van der Waals surface area contributed by atoms with Crippen LogP contribution in [0.5, 0.6) is 0 Å². The molecule has 3 aromatic rings. The van der Waals surface area contributed by atoms with E-state index in [1.165, 1.54) is 22.0 Å². The number of aromatic amines is 1. The van der Waals surface area contributed by atoms with Gasteiger partial charge in [-0.2, -0.15) is 0 Å². The van der Waals surface area contributed by atoms with Gasteiger partial charge in [-0.05, 0) is 40.7 Å². The Morgan fingerprint density at radius 1 is 1.27 bits per heavy atom. The van der Waals surface area contributed by atoms with Crippen molar-refractivity contribution in [1.82, 2.24) is 30.1 Å². The second-order valence-corrected chi connectivity index (χ2v) is 5.94. The number of rotatable bonds is 3. The molecule has 7 nitrogen and oxygen atoms in total. The number of nitrogens with zero attached hydrogens (tertiary/aromatic N) is 5. The molecule has 0 aliphatic carbocycles. The van der Waals surface area contributed by atoms with E-state index in [0.717, 1.165) is 25.3 Å². The van der Waals surface area contributed by atoms with Gasteiger partial charge >= 0.3 is 0 Å². The fourth-order valence-corrected chi connectivity index (χ4v) is 3.11. The van der Waals surface area contributed by atoms with Crippen LogP contribution >= 0.6 is 0 Å². The van der Waals surface area contributed by atoms with Crippen LogP contribution in [0.4, 0.5) is 0 Å². The summed E-state index contributed by atoms with van der Waals surface area (Å²) in [6.07, 6.45) is 2.92. The smallest absolute Gasteiger partial charge is 0.155 e. The zero-order chi connectivity index (χ0) is 14.4. The molecule has 3 N–H and O–H groups in total. The molecular weight excluding hydrogens is 280 g/mol. The van der Waals surface area contributed by atoms with Gasteiger partial charge in [0, 0.05) is 49.6 Å². The van der Waals surface area contributed by atoms with Gasteiger partial charge in [0.2, 0.25) is 0 Å². The first-order valence-electron chi connectivity index (χ1n) is 7.20. The monoisotopic (exact) mass is 300 g/mol. The highest BCUT2D eigenvalue weighted by Gasteiger charge is 2.26. The number of tetrazole rings is 1. The lowest BCUT2D eigenvalue weighted by Gasteiger charge is -2.36. The summed E-state index contributed by atoms with van der Waals surface area (Å²) in [7, 11) is 4.04. The Labute approximate surface area is 128 Å². The van der Waals surface area contributed by atoms with E-state index in [1.807, 2.05) is 7.05 Å². The van der Waals surface area contributed by atoms with Gasteiger partial charge in [-0.3, -0.25) is 0 Å². The minimum atomic E-state index is 0. The van der Waals surface area contributed by atoms with Crippen molar-refractivity contribution in [3.63, 3.8) is 0 Å².